The van der Waals surface area contributed by atoms with Gasteiger partial charge in [0.2, 0.25) is 5.78 Å². The smallest absolute Gasteiger partial charge is 0.362 e. The average molecular weight is 420 g/mol. The summed E-state index contributed by atoms with van der Waals surface area (Å²) in [7, 11) is 0. The Labute approximate surface area is 183 Å². The van der Waals surface area contributed by atoms with Gasteiger partial charge in [-0.05, 0) is 42.7 Å². The summed E-state index contributed by atoms with van der Waals surface area (Å²) in [6, 6.07) is 16.8. The molecule has 1 heterocycles. The van der Waals surface area contributed by atoms with E-state index in [1.807, 2.05) is 30.3 Å². The molecule has 1 aliphatic carbocycles. The van der Waals surface area contributed by atoms with E-state index in [-0.39, 0.29) is 12.5 Å². The van der Waals surface area contributed by atoms with Gasteiger partial charge in [-0.3, -0.25) is 4.79 Å². The molecule has 1 fully saturated rings. The van der Waals surface area contributed by atoms with E-state index in [1.165, 1.54) is 5.56 Å². The number of carbonyl (C=O) groups excluding carboxylic acids is 2. The van der Waals surface area contributed by atoms with Gasteiger partial charge >= 0.3 is 11.6 Å². The molecule has 2 aromatic rings. The monoisotopic (exact) mass is 419 g/mol. The molecule has 1 atom stereocenters. The van der Waals surface area contributed by atoms with Crippen molar-refractivity contribution in [2.75, 3.05) is 0 Å². The van der Waals surface area contributed by atoms with E-state index in [2.05, 4.69) is 19.0 Å². The third kappa shape index (κ3) is 4.41. The van der Waals surface area contributed by atoms with E-state index in [0.717, 1.165) is 37.7 Å². The maximum absolute atomic E-state index is 13.5. The van der Waals surface area contributed by atoms with Crippen molar-refractivity contribution >= 4 is 17.5 Å². The summed E-state index contributed by atoms with van der Waals surface area (Å²) in [5, 5.41) is 4.19. The molecular weight excluding hydrogens is 390 g/mol. The van der Waals surface area contributed by atoms with Crippen molar-refractivity contribution in [1.29, 1.82) is 0 Å². The second-order valence-corrected chi connectivity index (χ2v) is 8.77. The van der Waals surface area contributed by atoms with Gasteiger partial charge in [-0.25, -0.2) is 4.79 Å². The minimum absolute atomic E-state index is 0.0628. The Balaban J connectivity index is 1.60. The molecule has 31 heavy (non-hydrogen) atoms. The van der Waals surface area contributed by atoms with Crippen molar-refractivity contribution in [3.8, 4) is 0 Å². The van der Waals surface area contributed by atoms with Crippen LogP contribution >= 0.6 is 0 Å². The van der Waals surface area contributed by atoms with Gasteiger partial charge in [-0.1, -0.05) is 80.0 Å². The molecule has 0 N–H and O–H groups in total. The van der Waals surface area contributed by atoms with Crippen LogP contribution in [0.2, 0.25) is 0 Å². The van der Waals surface area contributed by atoms with E-state index in [9.17, 15) is 9.59 Å². The molecule has 1 aliphatic heterocycles. The third-order valence-corrected chi connectivity index (χ3v) is 6.20. The Morgan fingerprint density at radius 3 is 2.32 bits per heavy atom. The summed E-state index contributed by atoms with van der Waals surface area (Å²) in [5.41, 5.74) is 1.28. The lowest BCUT2D eigenvalue weighted by atomic mass is 9.86. The first kappa shape index (κ1) is 21.3. The van der Waals surface area contributed by atoms with E-state index < -0.39 is 17.4 Å². The molecule has 5 nitrogen and oxygen atoms in total. The number of nitrogens with zero attached hydrogens (tertiary/aromatic N) is 1. The van der Waals surface area contributed by atoms with Crippen LogP contribution in [0.3, 0.4) is 0 Å². The predicted octanol–water partition coefficient (Wildman–Crippen LogP) is 5.43. The average Bonchev–Trinajstić information content (AvgIpc) is 3.27. The molecule has 1 unspecified atom stereocenters. The Morgan fingerprint density at radius 1 is 1.00 bits per heavy atom. The first-order valence-electron chi connectivity index (χ1n) is 11.2. The topological polar surface area (TPSA) is 65.0 Å². The second kappa shape index (κ2) is 9.04. The number of hydrogen-bond acceptors (Lipinski definition) is 5. The molecule has 0 aromatic heterocycles. The zero-order valence-corrected chi connectivity index (χ0v) is 18.2. The lowest BCUT2D eigenvalue weighted by Gasteiger charge is -2.28. The van der Waals surface area contributed by atoms with Crippen molar-refractivity contribution in [1.82, 2.24) is 0 Å². The van der Waals surface area contributed by atoms with Gasteiger partial charge in [0, 0.05) is 5.56 Å². The number of esters is 1. The van der Waals surface area contributed by atoms with Crippen LogP contribution in [0.15, 0.2) is 59.8 Å². The van der Waals surface area contributed by atoms with Crippen molar-refractivity contribution in [2.45, 2.75) is 70.0 Å². The predicted molar refractivity (Wildman–Crippen MR) is 119 cm³/mol. The summed E-state index contributed by atoms with van der Waals surface area (Å²) in [6.45, 7) is 4.27. The Kier molecular flexibility index (Phi) is 6.21. The molecule has 0 spiro atoms. The highest BCUT2D eigenvalue weighted by Gasteiger charge is 2.55. The highest BCUT2D eigenvalue weighted by atomic mass is 16.7. The zero-order valence-electron chi connectivity index (χ0n) is 18.2. The lowest BCUT2D eigenvalue weighted by Crippen LogP contribution is -2.49. The maximum atomic E-state index is 13.5. The SMILES string of the molecule is CC(C)c1ccc(C2=NOC(C(=O)OC3CCCCC3)(C(=O)c3ccccc3)C2)cc1. The first-order valence-corrected chi connectivity index (χ1v) is 11.2. The van der Waals surface area contributed by atoms with E-state index >= 15 is 0 Å². The van der Waals surface area contributed by atoms with Crippen molar-refractivity contribution in [2.24, 2.45) is 5.16 Å². The number of oxime groups is 1. The van der Waals surface area contributed by atoms with Gasteiger partial charge in [0.25, 0.3) is 0 Å². The van der Waals surface area contributed by atoms with Gasteiger partial charge in [0.05, 0.1) is 12.1 Å². The maximum Gasteiger partial charge on any atom is 0.362 e. The Hall–Kier alpha value is -2.95. The Bertz CT molecular complexity index is 959. The van der Waals surface area contributed by atoms with Crippen molar-refractivity contribution in [3.05, 3.63) is 71.3 Å². The molecule has 0 saturated heterocycles. The molecule has 0 bridgehead atoms. The molecule has 1 saturated carbocycles. The largest absolute Gasteiger partial charge is 0.459 e. The fourth-order valence-electron chi connectivity index (χ4n) is 4.22. The van der Waals surface area contributed by atoms with Crippen LogP contribution in [0.25, 0.3) is 0 Å². The normalized spacial score (nSPS) is 21.5. The molecular formula is C26H29NO4. The number of rotatable bonds is 6. The lowest BCUT2D eigenvalue weighted by molar-refractivity contribution is -0.170. The summed E-state index contributed by atoms with van der Waals surface area (Å²) < 4.78 is 5.80. The van der Waals surface area contributed by atoms with Crippen LogP contribution in [0.5, 0.6) is 0 Å². The van der Waals surface area contributed by atoms with Crippen LogP contribution in [0, 0.1) is 0 Å². The van der Waals surface area contributed by atoms with Crippen LogP contribution in [-0.4, -0.2) is 29.2 Å². The number of ether oxygens (including phenoxy) is 1. The fourth-order valence-corrected chi connectivity index (χ4v) is 4.22. The molecule has 2 aliphatic rings. The number of Topliss-reactive ketones (excluding diaryl/α,β-unsaturated/α-hetero) is 1. The minimum Gasteiger partial charge on any atom is -0.459 e. The number of carbonyl (C=O) groups is 2. The zero-order chi connectivity index (χ0) is 21.8. The van der Waals surface area contributed by atoms with E-state index in [1.54, 1.807) is 24.3 Å². The molecule has 0 amide bonds. The quantitative estimate of drug-likeness (QED) is 0.356. The molecule has 4 rings (SSSR count). The van der Waals surface area contributed by atoms with Gasteiger partial charge < -0.3 is 9.57 Å². The molecule has 5 heteroatoms. The summed E-state index contributed by atoms with van der Waals surface area (Å²) in [6.07, 6.45) is 4.76. The standard InChI is InChI=1S/C26H29NO4/c1-18(2)19-13-15-20(16-14-19)23-17-26(31-27-23,24(28)21-9-5-3-6-10-21)25(29)30-22-11-7-4-8-12-22/h3,5-6,9-10,13-16,18,22H,4,7-8,11-12,17H2,1-2H3. The third-order valence-electron chi connectivity index (χ3n) is 6.20. The molecule has 162 valence electrons. The van der Waals surface area contributed by atoms with Crippen LogP contribution in [0.4, 0.5) is 0 Å². The molecule has 2 aromatic carbocycles. The summed E-state index contributed by atoms with van der Waals surface area (Å²) >= 11 is 0. The van der Waals surface area contributed by atoms with Gasteiger partial charge in [0.1, 0.15) is 6.10 Å². The van der Waals surface area contributed by atoms with Gasteiger partial charge in [0.15, 0.2) is 0 Å². The minimum atomic E-state index is -1.77. The van der Waals surface area contributed by atoms with Gasteiger partial charge in [-0.2, -0.15) is 0 Å². The van der Waals surface area contributed by atoms with Crippen molar-refractivity contribution in [3.63, 3.8) is 0 Å². The fraction of sp³-hybridized carbons (Fsp3) is 0.423. The number of benzene rings is 2. The summed E-state index contributed by atoms with van der Waals surface area (Å²) in [4.78, 5) is 32.5. The van der Waals surface area contributed by atoms with Crippen LogP contribution < -0.4 is 0 Å². The molecule has 0 radical (unpaired) electrons. The van der Waals surface area contributed by atoms with E-state index in [4.69, 9.17) is 9.57 Å². The first-order chi connectivity index (χ1) is 15.0. The van der Waals surface area contributed by atoms with Crippen LogP contribution in [-0.2, 0) is 14.4 Å². The number of hydrogen-bond donors (Lipinski definition) is 0. The van der Waals surface area contributed by atoms with E-state index in [0.29, 0.717) is 17.2 Å². The second-order valence-electron chi connectivity index (χ2n) is 8.77. The Morgan fingerprint density at radius 2 is 1.68 bits per heavy atom. The highest BCUT2D eigenvalue weighted by molar-refractivity contribution is 6.20. The van der Waals surface area contributed by atoms with Crippen molar-refractivity contribution < 1.29 is 19.2 Å². The van der Waals surface area contributed by atoms with Gasteiger partial charge in [-0.15, -0.1) is 0 Å². The summed E-state index contributed by atoms with van der Waals surface area (Å²) in [5.74, 6) is -0.627. The highest BCUT2D eigenvalue weighted by Crippen LogP contribution is 2.34. The number of ketones is 1. The van der Waals surface area contributed by atoms with Crippen LogP contribution in [0.1, 0.15) is 79.8 Å².